The van der Waals surface area contributed by atoms with Gasteiger partial charge in [0.2, 0.25) is 5.82 Å². The molecule has 0 heterocycles. The molecule has 0 saturated heterocycles. The second kappa shape index (κ2) is 6.36. The lowest BCUT2D eigenvalue weighted by molar-refractivity contribution is -0.387. The van der Waals surface area contributed by atoms with Crippen molar-refractivity contribution in [3.05, 3.63) is 28.1 Å². The lowest BCUT2D eigenvalue weighted by Crippen LogP contribution is -2.21. The molecule has 0 bridgehead atoms. The molecule has 0 spiro atoms. The Morgan fingerprint density at radius 1 is 1.67 bits per heavy atom. The van der Waals surface area contributed by atoms with Crippen LogP contribution < -0.4 is 10.1 Å². The number of aliphatic hydroxyl groups excluding tert-OH is 1. The number of methoxy groups -OCH3 is 1. The van der Waals surface area contributed by atoms with Gasteiger partial charge in [-0.15, -0.1) is 11.6 Å². The predicted octanol–water partition coefficient (Wildman–Crippen LogP) is 1.75. The normalized spacial score (nSPS) is 12.0. The standard InChI is InChI=1S/C10H12ClFN2O4/c1-18-10-2-7(12)9(14(16)17)3-8(10)13-5-6(15)4-11/h2-3,6,13,15H,4-5H2,1H3. The maximum Gasteiger partial charge on any atom is 0.307 e. The summed E-state index contributed by atoms with van der Waals surface area (Å²) in [4.78, 5) is 9.76. The minimum atomic E-state index is -0.986. The number of aliphatic hydroxyl groups is 1. The van der Waals surface area contributed by atoms with E-state index in [2.05, 4.69) is 5.32 Å². The lowest BCUT2D eigenvalue weighted by atomic mass is 10.2. The highest BCUT2D eigenvalue weighted by molar-refractivity contribution is 6.18. The van der Waals surface area contributed by atoms with Gasteiger partial charge < -0.3 is 15.2 Å². The molecule has 0 amide bonds. The predicted molar refractivity (Wildman–Crippen MR) is 64.8 cm³/mol. The van der Waals surface area contributed by atoms with E-state index < -0.39 is 22.5 Å². The van der Waals surface area contributed by atoms with Gasteiger partial charge in [0.25, 0.3) is 0 Å². The number of nitrogens with zero attached hydrogens (tertiary/aromatic N) is 1. The number of nitro benzene ring substituents is 1. The van der Waals surface area contributed by atoms with E-state index in [1.165, 1.54) is 7.11 Å². The van der Waals surface area contributed by atoms with E-state index in [4.69, 9.17) is 16.3 Å². The highest BCUT2D eigenvalue weighted by Gasteiger charge is 2.19. The van der Waals surface area contributed by atoms with E-state index in [0.29, 0.717) is 0 Å². The molecule has 0 aromatic heterocycles. The number of anilines is 1. The van der Waals surface area contributed by atoms with Gasteiger partial charge >= 0.3 is 5.69 Å². The van der Waals surface area contributed by atoms with Gasteiger partial charge in [0.1, 0.15) is 5.75 Å². The fourth-order valence-electron chi connectivity index (χ4n) is 1.27. The van der Waals surface area contributed by atoms with Crippen LogP contribution >= 0.6 is 11.6 Å². The van der Waals surface area contributed by atoms with Gasteiger partial charge in [-0.2, -0.15) is 4.39 Å². The molecule has 0 fully saturated rings. The van der Waals surface area contributed by atoms with Crippen LogP contribution in [0.15, 0.2) is 12.1 Å². The number of ether oxygens (including phenoxy) is 1. The lowest BCUT2D eigenvalue weighted by Gasteiger charge is -2.13. The molecule has 0 aliphatic rings. The first-order valence-corrected chi connectivity index (χ1v) is 5.52. The molecule has 0 saturated carbocycles. The number of halogens is 2. The van der Waals surface area contributed by atoms with Crippen molar-refractivity contribution in [3.8, 4) is 5.75 Å². The van der Waals surface area contributed by atoms with E-state index >= 15 is 0 Å². The smallest absolute Gasteiger partial charge is 0.307 e. The minimum absolute atomic E-state index is 0.0125. The van der Waals surface area contributed by atoms with Crippen molar-refractivity contribution in [2.75, 3.05) is 24.9 Å². The maximum absolute atomic E-state index is 13.3. The molecule has 1 atom stereocenters. The first-order chi connectivity index (χ1) is 8.49. The zero-order valence-electron chi connectivity index (χ0n) is 9.52. The Morgan fingerprint density at radius 3 is 2.83 bits per heavy atom. The van der Waals surface area contributed by atoms with Gasteiger partial charge in [-0.25, -0.2) is 0 Å². The largest absolute Gasteiger partial charge is 0.494 e. The van der Waals surface area contributed by atoms with Crippen LogP contribution in [0.2, 0.25) is 0 Å². The maximum atomic E-state index is 13.3. The molecule has 100 valence electrons. The van der Waals surface area contributed by atoms with Gasteiger partial charge in [0, 0.05) is 18.7 Å². The van der Waals surface area contributed by atoms with Crippen LogP contribution in [0.5, 0.6) is 5.75 Å². The van der Waals surface area contributed by atoms with Crippen molar-refractivity contribution in [1.29, 1.82) is 0 Å². The van der Waals surface area contributed by atoms with E-state index in [9.17, 15) is 19.6 Å². The molecule has 1 unspecified atom stereocenters. The van der Waals surface area contributed by atoms with Gasteiger partial charge in [-0.1, -0.05) is 0 Å². The number of rotatable bonds is 6. The number of benzene rings is 1. The van der Waals surface area contributed by atoms with Crippen LogP contribution in [-0.4, -0.2) is 35.7 Å². The van der Waals surface area contributed by atoms with Crippen LogP contribution in [0.3, 0.4) is 0 Å². The van der Waals surface area contributed by atoms with Crippen LogP contribution in [0.1, 0.15) is 0 Å². The van der Waals surface area contributed by atoms with Gasteiger partial charge in [-0.3, -0.25) is 10.1 Å². The highest BCUT2D eigenvalue weighted by atomic mass is 35.5. The minimum Gasteiger partial charge on any atom is -0.494 e. The average Bonchev–Trinajstić information content (AvgIpc) is 2.35. The Bertz CT molecular complexity index is 444. The van der Waals surface area contributed by atoms with Crippen LogP contribution in [0.4, 0.5) is 15.8 Å². The van der Waals surface area contributed by atoms with Crippen LogP contribution in [0.25, 0.3) is 0 Å². The van der Waals surface area contributed by atoms with Crippen molar-refractivity contribution in [2.45, 2.75) is 6.10 Å². The molecule has 1 aromatic carbocycles. The molecule has 18 heavy (non-hydrogen) atoms. The van der Waals surface area contributed by atoms with E-state index in [1.807, 2.05) is 0 Å². The molecule has 1 rings (SSSR count). The summed E-state index contributed by atoms with van der Waals surface area (Å²) in [5.41, 5.74) is -0.451. The quantitative estimate of drug-likeness (QED) is 0.470. The molecule has 6 nitrogen and oxygen atoms in total. The van der Waals surface area contributed by atoms with Crippen LogP contribution in [-0.2, 0) is 0 Å². The summed E-state index contributed by atoms with van der Waals surface area (Å²) < 4.78 is 18.2. The first kappa shape index (κ1) is 14.5. The third kappa shape index (κ3) is 3.44. The Balaban J connectivity index is 3.00. The van der Waals surface area contributed by atoms with Crippen molar-refractivity contribution in [1.82, 2.24) is 0 Å². The summed E-state index contributed by atoms with van der Waals surface area (Å²) in [6, 6.07) is 1.92. The monoisotopic (exact) mass is 278 g/mol. The summed E-state index contributed by atoms with van der Waals surface area (Å²) in [5.74, 6) is -0.862. The number of hydrogen-bond donors (Lipinski definition) is 2. The first-order valence-electron chi connectivity index (χ1n) is 4.99. The fraction of sp³-hybridized carbons (Fsp3) is 0.400. The number of hydrogen-bond acceptors (Lipinski definition) is 5. The Hall–Kier alpha value is -1.60. The summed E-state index contributed by atoms with van der Waals surface area (Å²) in [6.45, 7) is 0.0721. The van der Waals surface area contributed by atoms with E-state index in [-0.39, 0.29) is 23.9 Å². The third-order valence-corrected chi connectivity index (χ3v) is 2.53. The zero-order chi connectivity index (χ0) is 13.7. The van der Waals surface area contributed by atoms with Gasteiger partial charge in [-0.05, 0) is 0 Å². The van der Waals surface area contributed by atoms with Crippen molar-refractivity contribution >= 4 is 23.0 Å². The number of alkyl halides is 1. The van der Waals surface area contributed by atoms with Gasteiger partial charge in [0.05, 0.1) is 29.7 Å². The summed E-state index contributed by atoms with van der Waals surface area (Å²) in [5, 5.41) is 22.6. The van der Waals surface area contributed by atoms with Gasteiger partial charge in [0.15, 0.2) is 0 Å². The second-order valence-corrected chi connectivity index (χ2v) is 3.76. The summed E-state index contributed by atoms with van der Waals surface area (Å²) >= 11 is 5.41. The fourth-order valence-corrected chi connectivity index (χ4v) is 1.38. The van der Waals surface area contributed by atoms with E-state index in [1.54, 1.807) is 0 Å². The molecule has 2 N–H and O–H groups in total. The zero-order valence-corrected chi connectivity index (χ0v) is 10.3. The Labute approximate surface area is 107 Å². The number of nitrogens with one attached hydrogen (secondary N) is 1. The average molecular weight is 279 g/mol. The van der Waals surface area contributed by atoms with Crippen molar-refractivity contribution in [2.24, 2.45) is 0 Å². The Kier molecular flexibility index (Phi) is 5.11. The third-order valence-electron chi connectivity index (χ3n) is 2.17. The highest BCUT2D eigenvalue weighted by Crippen LogP contribution is 2.31. The molecule has 0 radical (unpaired) electrons. The molecular weight excluding hydrogens is 267 g/mol. The molecular formula is C10H12ClFN2O4. The molecule has 1 aromatic rings. The topological polar surface area (TPSA) is 84.6 Å². The van der Waals surface area contributed by atoms with Crippen molar-refractivity contribution in [3.63, 3.8) is 0 Å². The summed E-state index contributed by atoms with van der Waals surface area (Å²) in [7, 11) is 1.31. The van der Waals surface area contributed by atoms with Crippen molar-refractivity contribution < 1.29 is 19.2 Å². The number of nitro groups is 1. The molecule has 0 aliphatic carbocycles. The SMILES string of the molecule is COc1cc(F)c([N+](=O)[O-])cc1NCC(O)CCl. The van der Waals surface area contributed by atoms with E-state index in [0.717, 1.165) is 12.1 Å². The van der Waals surface area contributed by atoms with Crippen LogP contribution in [0, 0.1) is 15.9 Å². The summed E-state index contributed by atoms with van der Waals surface area (Å²) in [6.07, 6.45) is -0.819. The molecule has 8 heteroatoms. The molecule has 0 aliphatic heterocycles. The second-order valence-electron chi connectivity index (χ2n) is 3.45. The Morgan fingerprint density at radius 2 is 2.33 bits per heavy atom.